The molecule has 0 atom stereocenters. The van der Waals surface area contributed by atoms with Gasteiger partial charge in [0.15, 0.2) is 0 Å². The number of anilines is 1. The van der Waals surface area contributed by atoms with Crippen LogP contribution < -0.4 is 5.32 Å². The number of hydrogen-bond donors (Lipinski definition) is 1. The van der Waals surface area contributed by atoms with Crippen LogP contribution in [0.4, 0.5) is 9.80 Å². The Hall–Kier alpha value is -3.26. The highest BCUT2D eigenvalue weighted by molar-refractivity contribution is 7.19. The van der Waals surface area contributed by atoms with E-state index >= 15 is 0 Å². The molecule has 4 aromatic rings. The highest BCUT2D eigenvalue weighted by atomic mass is 32.1. The zero-order chi connectivity index (χ0) is 19.7. The number of nitrogens with one attached hydrogen (secondary N) is 1. The van der Waals surface area contributed by atoms with Gasteiger partial charge in [0.2, 0.25) is 0 Å². The second-order valence-electron chi connectivity index (χ2n) is 6.49. The van der Waals surface area contributed by atoms with Crippen LogP contribution >= 0.6 is 11.3 Å². The topological polar surface area (TPSA) is 81.9 Å². The number of amides is 1. The van der Waals surface area contributed by atoms with Crippen LogP contribution in [0.25, 0.3) is 21.6 Å². The SMILES string of the molecule is Cc1ccccc1-c1nc(C)c(NC(=O)OCc2ccc3c(c2)nnn3C)s1. The van der Waals surface area contributed by atoms with Crippen LogP contribution in [0.3, 0.4) is 0 Å². The van der Waals surface area contributed by atoms with E-state index in [0.29, 0.717) is 5.00 Å². The van der Waals surface area contributed by atoms with Crippen LogP contribution in [-0.2, 0) is 18.4 Å². The molecule has 4 rings (SSSR count). The van der Waals surface area contributed by atoms with Crippen LogP contribution in [0, 0.1) is 13.8 Å². The average molecular weight is 393 g/mol. The minimum absolute atomic E-state index is 0.154. The van der Waals surface area contributed by atoms with E-state index in [0.717, 1.165) is 38.4 Å². The summed E-state index contributed by atoms with van der Waals surface area (Å²) in [5.41, 5.74) is 5.52. The second-order valence-corrected chi connectivity index (χ2v) is 7.48. The first-order chi connectivity index (χ1) is 13.5. The number of carbonyl (C=O) groups is 1. The van der Waals surface area contributed by atoms with Gasteiger partial charge in [0.1, 0.15) is 22.1 Å². The number of rotatable bonds is 4. The van der Waals surface area contributed by atoms with Gasteiger partial charge in [-0.2, -0.15) is 0 Å². The first-order valence-electron chi connectivity index (χ1n) is 8.77. The van der Waals surface area contributed by atoms with E-state index in [-0.39, 0.29) is 6.61 Å². The van der Waals surface area contributed by atoms with Crippen molar-refractivity contribution in [2.24, 2.45) is 7.05 Å². The summed E-state index contributed by atoms with van der Waals surface area (Å²) in [6, 6.07) is 13.7. The summed E-state index contributed by atoms with van der Waals surface area (Å²) in [4.78, 5) is 16.8. The summed E-state index contributed by atoms with van der Waals surface area (Å²) < 4.78 is 7.05. The summed E-state index contributed by atoms with van der Waals surface area (Å²) in [6.45, 7) is 4.07. The van der Waals surface area contributed by atoms with E-state index in [1.54, 1.807) is 4.68 Å². The summed E-state index contributed by atoms with van der Waals surface area (Å²) in [5, 5.41) is 12.4. The van der Waals surface area contributed by atoms with Crippen LogP contribution in [0.5, 0.6) is 0 Å². The Balaban J connectivity index is 1.43. The molecule has 2 heterocycles. The van der Waals surface area contributed by atoms with Crippen molar-refractivity contribution in [3.8, 4) is 10.6 Å². The van der Waals surface area contributed by atoms with Crippen LogP contribution in [0.15, 0.2) is 42.5 Å². The fourth-order valence-electron chi connectivity index (χ4n) is 2.89. The number of thiazole rings is 1. The molecule has 0 aliphatic carbocycles. The number of nitrogens with zero attached hydrogens (tertiary/aromatic N) is 4. The Bertz CT molecular complexity index is 1160. The molecule has 0 saturated heterocycles. The maximum atomic E-state index is 12.2. The molecule has 0 saturated carbocycles. The molecule has 0 aliphatic heterocycles. The molecule has 1 N–H and O–H groups in total. The lowest BCUT2D eigenvalue weighted by Gasteiger charge is -2.06. The maximum absolute atomic E-state index is 12.2. The van der Waals surface area contributed by atoms with Crippen LogP contribution in [0.2, 0.25) is 0 Å². The highest BCUT2D eigenvalue weighted by Gasteiger charge is 2.14. The third-order valence-corrected chi connectivity index (χ3v) is 5.54. The molecule has 28 heavy (non-hydrogen) atoms. The number of benzene rings is 2. The third-order valence-electron chi connectivity index (χ3n) is 4.43. The Morgan fingerprint density at radius 2 is 2.04 bits per heavy atom. The molecule has 142 valence electrons. The standard InChI is InChI=1S/C20H19N5O2S/c1-12-6-4-5-7-15(12)19-21-13(2)18(28-19)22-20(26)27-11-14-8-9-17-16(10-14)23-24-25(17)3/h4-10H,11H2,1-3H3,(H,22,26). The van der Waals surface area contributed by atoms with Crippen LogP contribution in [-0.4, -0.2) is 26.1 Å². The molecule has 2 aromatic heterocycles. The van der Waals surface area contributed by atoms with E-state index in [9.17, 15) is 4.79 Å². The van der Waals surface area contributed by atoms with Gasteiger partial charge in [0.05, 0.1) is 11.2 Å². The number of hydrogen-bond acceptors (Lipinski definition) is 6. The summed E-state index contributed by atoms with van der Waals surface area (Å²) in [6.07, 6.45) is -0.512. The minimum Gasteiger partial charge on any atom is -0.444 e. The van der Waals surface area contributed by atoms with Gasteiger partial charge >= 0.3 is 6.09 Å². The molecule has 0 bridgehead atoms. The largest absolute Gasteiger partial charge is 0.444 e. The molecule has 0 radical (unpaired) electrons. The molecule has 8 heteroatoms. The quantitative estimate of drug-likeness (QED) is 0.554. The second kappa shape index (κ2) is 7.40. The summed E-state index contributed by atoms with van der Waals surface area (Å²) in [5.74, 6) is 0. The minimum atomic E-state index is -0.512. The van der Waals surface area contributed by atoms with Crippen molar-refractivity contribution in [1.82, 2.24) is 20.0 Å². The molecule has 0 aliphatic rings. The molecule has 0 spiro atoms. The summed E-state index contributed by atoms with van der Waals surface area (Å²) >= 11 is 1.44. The van der Waals surface area contributed by atoms with E-state index in [4.69, 9.17) is 4.74 Å². The van der Waals surface area contributed by atoms with Crippen LogP contribution in [0.1, 0.15) is 16.8 Å². The normalized spacial score (nSPS) is 11.0. The molecule has 1 amide bonds. The Morgan fingerprint density at radius 3 is 2.86 bits per heavy atom. The van der Waals surface area contributed by atoms with Crippen molar-refractivity contribution in [3.63, 3.8) is 0 Å². The number of fused-ring (bicyclic) bond motifs is 1. The number of aromatic nitrogens is 4. The van der Waals surface area contributed by atoms with Crippen molar-refractivity contribution in [2.75, 3.05) is 5.32 Å². The zero-order valence-corrected chi connectivity index (χ0v) is 16.6. The number of ether oxygens (including phenoxy) is 1. The van der Waals surface area contributed by atoms with Crippen molar-refractivity contribution in [3.05, 3.63) is 59.3 Å². The fraction of sp³-hybridized carbons (Fsp3) is 0.200. The van der Waals surface area contributed by atoms with Crippen molar-refractivity contribution in [1.29, 1.82) is 0 Å². The van der Waals surface area contributed by atoms with E-state index in [2.05, 4.69) is 20.6 Å². The third kappa shape index (κ3) is 3.59. The predicted molar refractivity (Wildman–Crippen MR) is 109 cm³/mol. The smallest absolute Gasteiger partial charge is 0.412 e. The van der Waals surface area contributed by atoms with E-state index < -0.39 is 6.09 Å². The van der Waals surface area contributed by atoms with Gasteiger partial charge in [0, 0.05) is 12.6 Å². The lowest BCUT2D eigenvalue weighted by molar-refractivity contribution is 0.155. The number of carbonyl (C=O) groups excluding carboxylic acids is 1. The van der Waals surface area contributed by atoms with Gasteiger partial charge in [-0.25, -0.2) is 14.5 Å². The van der Waals surface area contributed by atoms with Gasteiger partial charge < -0.3 is 4.74 Å². The average Bonchev–Trinajstić information content (AvgIpc) is 3.23. The maximum Gasteiger partial charge on any atom is 0.412 e. The van der Waals surface area contributed by atoms with Crippen molar-refractivity contribution in [2.45, 2.75) is 20.5 Å². The van der Waals surface area contributed by atoms with Gasteiger partial charge in [-0.1, -0.05) is 46.9 Å². The van der Waals surface area contributed by atoms with E-state index in [1.807, 2.05) is 63.4 Å². The van der Waals surface area contributed by atoms with Crippen molar-refractivity contribution < 1.29 is 9.53 Å². The van der Waals surface area contributed by atoms with Gasteiger partial charge in [-0.3, -0.25) is 5.32 Å². The lowest BCUT2D eigenvalue weighted by atomic mass is 10.1. The highest BCUT2D eigenvalue weighted by Crippen LogP contribution is 2.33. The summed E-state index contributed by atoms with van der Waals surface area (Å²) in [7, 11) is 1.83. The molecular formula is C20H19N5O2S. The lowest BCUT2D eigenvalue weighted by Crippen LogP contribution is -2.13. The molecule has 7 nitrogen and oxygen atoms in total. The molecule has 0 unspecified atom stereocenters. The van der Waals surface area contributed by atoms with Gasteiger partial charge in [0.25, 0.3) is 0 Å². The number of aryl methyl sites for hydroxylation is 3. The zero-order valence-electron chi connectivity index (χ0n) is 15.8. The fourth-order valence-corrected chi connectivity index (χ4v) is 3.94. The predicted octanol–water partition coefficient (Wildman–Crippen LogP) is 4.46. The monoisotopic (exact) mass is 393 g/mol. The Morgan fingerprint density at radius 1 is 1.21 bits per heavy atom. The Kier molecular flexibility index (Phi) is 4.79. The Labute approximate surface area is 166 Å². The molecule has 0 fully saturated rings. The molecular weight excluding hydrogens is 374 g/mol. The van der Waals surface area contributed by atoms with Crippen molar-refractivity contribution >= 4 is 33.5 Å². The van der Waals surface area contributed by atoms with E-state index in [1.165, 1.54) is 11.3 Å². The molecule has 2 aromatic carbocycles. The van der Waals surface area contributed by atoms with Gasteiger partial charge in [-0.15, -0.1) is 5.10 Å². The van der Waals surface area contributed by atoms with Gasteiger partial charge in [-0.05, 0) is 37.1 Å². The first-order valence-corrected chi connectivity index (χ1v) is 9.58. The first kappa shape index (κ1) is 18.1.